The quantitative estimate of drug-likeness (QED) is 0.836. The highest BCUT2D eigenvalue weighted by Gasteiger charge is 2.44. The maximum Gasteiger partial charge on any atom is 0.137 e. The van der Waals surface area contributed by atoms with Crippen molar-refractivity contribution in [3.05, 3.63) is 35.8 Å². The van der Waals surface area contributed by atoms with Gasteiger partial charge in [0.2, 0.25) is 0 Å². The Hall–Kier alpha value is -1.35. The van der Waals surface area contributed by atoms with E-state index < -0.39 is 0 Å². The molecule has 2 aromatic heterocycles. The zero-order valence-corrected chi connectivity index (χ0v) is 9.77. The molecule has 3 rings (SSSR count). The Labute approximate surface area is 95.3 Å². The molecule has 1 aliphatic rings. The van der Waals surface area contributed by atoms with Crippen molar-refractivity contribution >= 4 is 5.65 Å². The van der Waals surface area contributed by atoms with Gasteiger partial charge < -0.3 is 10.1 Å². The van der Waals surface area contributed by atoms with E-state index in [-0.39, 0.29) is 5.54 Å². The van der Waals surface area contributed by atoms with Crippen LogP contribution in [0.4, 0.5) is 0 Å². The molecule has 1 fully saturated rings. The van der Waals surface area contributed by atoms with Crippen molar-refractivity contribution < 1.29 is 0 Å². The molecule has 1 saturated carbocycles. The Bertz CT molecular complexity index is 535. The molecule has 0 saturated heterocycles. The van der Waals surface area contributed by atoms with Gasteiger partial charge in [-0.25, -0.2) is 4.98 Å². The summed E-state index contributed by atoms with van der Waals surface area (Å²) in [7, 11) is 0. The molecule has 84 valence electrons. The smallest absolute Gasteiger partial charge is 0.137 e. The Morgan fingerprint density at radius 2 is 2.12 bits per heavy atom. The molecule has 16 heavy (non-hydrogen) atoms. The summed E-state index contributed by atoms with van der Waals surface area (Å²) in [4.78, 5) is 4.71. The minimum Gasteiger partial charge on any atom is -0.320 e. The molecule has 1 aliphatic carbocycles. The van der Waals surface area contributed by atoms with E-state index in [1.54, 1.807) is 0 Å². The first-order valence-corrected chi connectivity index (χ1v) is 5.88. The number of pyridine rings is 1. The molecule has 0 amide bonds. The number of hydrogen-bond acceptors (Lipinski definition) is 2. The zero-order chi connectivity index (χ0) is 11.3. The second-order valence-corrected chi connectivity index (χ2v) is 5.09. The topological polar surface area (TPSA) is 43.3 Å². The van der Waals surface area contributed by atoms with Crippen molar-refractivity contribution in [1.82, 2.24) is 9.38 Å². The van der Waals surface area contributed by atoms with Crippen molar-refractivity contribution in [3.63, 3.8) is 0 Å². The average molecular weight is 215 g/mol. The van der Waals surface area contributed by atoms with Crippen molar-refractivity contribution in [2.75, 3.05) is 0 Å². The fraction of sp³-hybridized carbons (Fsp3) is 0.462. The number of imidazole rings is 1. The summed E-state index contributed by atoms with van der Waals surface area (Å²) < 4.78 is 2.17. The van der Waals surface area contributed by atoms with E-state index in [9.17, 15) is 0 Å². The standard InChI is InChI=1S/C13H17N3/c1-9(2)11-12(13(14)6-7-13)15-10-5-3-4-8-16(10)11/h3-5,8-9H,6-7,14H2,1-2H3. The van der Waals surface area contributed by atoms with Gasteiger partial charge in [0.25, 0.3) is 0 Å². The van der Waals surface area contributed by atoms with Crippen LogP contribution in [0.3, 0.4) is 0 Å². The number of nitrogens with two attached hydrogens (primary N) is 1. The monoisotopic (exact) mass is 215 g/mol. The lowest BCUT2D eigenvalue weighted by Crippen LogP contribution is -2.21. The number of hydrogen-bond donors (Lipinski definition) is 1. The van der Waals surface area contributed by atoms with E-state index in [1.165, 1.54) is 5.69 Å². The lowest BCUT2D eigenvalue weighted by Gasteiger charge is -2.12. The van der Waals surface area contributed by atoms with Crippen LogP contribution in [-0.4, -0.2) is 9.38 Å². The van der Waals surface area contributed by atoms with Gasteiger partial charge in [-0.15, -0.1) is 0 Å². The van der Waals surface area contributed by atoms with E-state index in [1.807, 2.05) is 18.2 Å². The van der Waals surface area contributed by atoms with E-state index in [0.717, 1.165) is 24.2 Å². The Morgan fingerprint density at radius 1 is 1.38 bits per heavy atom. The molecule has 0 aromatic carbocycles. The average Bonchev–Trinajstić information content (AvgIpc) is 2.88. The molecular formula is C13H17N3. The second kappa shape index (κ2) is 3.08. The van der Waals surface area contributed by atoms with E-state index in [4.69, 9.17) is 10.7 Å². The van der Waals surface area contributed by atoms with Gasteiger partial charge in [-0.05, 0) is 30.9 Å². The lowest BCUT2D eigenvalue weighted by atomic mass is 10.0. The van der Waals surface area contributed by atoms with Gasteiger partial charge in [-0.2, -0.15) is 0 Å². The van der Waals surface area contributed by atoms with Gasteiger partial charge in [0.1, 0.15) is 5.65 Å². The molecule has 0 atom stereocenters. The first-order chi connectivity index (χ1) is 7.62. The van der Waals surface area contributed by atoms with Crippen molar-refractivity contribution in [2.24, 2.45) is 5.73 Å². The summed E-state index contributed by atoms with van der Waals surface area (Å²) >= 11 is 0. The number of fused-ring (bicyclic) bond motifs is 1. The van der Waals surface area contributed by atoms with E-state index >= 15 is 0 Å². The SMILES string of the molecule is CC(C)c1c(C2(N)CC2)nc2ccccn12. The maximum absolute atomic E-state index is 6.29. The predicted octanol–water partition coefficient (Wildman–Crippen LogP) is 2.41. The van der Waals surface area contributed by atoms with Crippen LogP contribution in [0.5, 0.6) is 0 Å². The molecule has 0 radical (unpaired) electrons. The van der Waals surface area contributed by atoms with Gasteiger partial charge in [-0.1, -0.05) is 19.9 Å². The summed E-state index contributed by atoms with van der Waals surface area (Å²) in [5.74, 6) is 0.452. The highest BCUT2D eigenvalue weighted by molar-refractivity contribution is 5.47. The van der Waals surface area contributed by atoms with Crippen molar-refractivity contribution in [2.45, 2.75) is 38.1 Å². The van der Waals surface area contributed by atoms with Gasteiger partial charge in [0.15, 0.2) is 0 Å². The molecule has 3 nitrogen and oxygen atoms in total. The number of rotatable bonds is 2. The Kier molecular flexibility index (Phi) is 1.89. The highest BCUT2D eigenvalue weighted by atomic mass is 15.1. The molecule has 2 N–H and O–H groups in total. The van der Waals surface area contributed by atoms with Gasteiger partial charge in [0.05, 0.1) is 16.9 Å². The summed E-state index contributed by atoms with van der Waals surface area (Å²) in [6.45, 7) is 4.40. The molecule has 0 unspecified atom stereocenters. The number of aromatic nitrogens is 2. The first-order valence-electron chi connectivity index (χ1n) is 5.88. The van der Waals surface area contributed by atoms with Gasteiger partial charge >= 0.3 is 0 Å². The van der Waals surface area contributed by atoms with Crippen molar-refractivity contribution in [3.8, 4) is 0 Å². The van der Waals surface area contributed by atoms with E-state index in [2.05, 4.69) is 24.4 Å². The number of nitrogens with zero attached hydrogens (tertiary/aromatic N) is 2. The van der Waals surface area contributed by atoms with Crippen LogP contribution in [0.15, 0.2) is 24.4 Å². The van der Waals surface area contributed by atoms with Crippen LogP contribution in [0.25, 0.3) is 5.65 Å². The Balaban J connectivity index is 2.31. The molecule has 0 aliphatic heterocycles. The zero-order valence-electron chi connectivity index (χ0n) is 9.77. The predicted molar refractivity (Wildman–Crippen MR) is 64.4 cm³/mol. The molecular weight excluding hydrogens is 198 g/mol. The third kappa shape index (κ3) is 1.28. The minimum absolute atomic E-state index is 0.147. The van der Waals surface area contributed by atoms with Crippen molar-refractivity contribution in [1.29, 1.82) is 0 Å². The van der Waals surface area contributed by atoms with Crippen LogP contribution >= 0.6 is 0 Å². The third-order valence-electron chi connectivity index (χ3n) is 3.37. The minimum atomic E-state index is -0.147. The largest absolute Gasteiger partial charge is 0.320 e. The lowest BCUT2D eigenvalue weighted by molar-refractivity contribution is 0.676. The van der Waals surface area contributed by atoms with E-state index in [0.29, 0.717) is 5.92 Å². The van der Waals surface area contributed by atoms with Gasteiger partial charge in [0, 0.05) is 6.20 Å². The molecule has 2 aromatic rings. The van der Waals surface area contributed by atoms with Crippen LogP contribution < -0.4 is 5.73 Å². The fourth-order valence-corrected chi connectivity index (χ4v) is 2.30. The molecule has 2 heterocycles. The summed E-state index contributed by atoms with van der Waals surface area (Å²) in [5.41, 5.74) is 9.54. The highest BCUT2D eigenvalue weighted by Crippen LogP contribution is 2.45. The molecule has 3 heteroatoms. The molecule has 0 spiro atoms. The maximum atomic E-state index is 6.29. The second-order valence-electron chi connectivity index (χ2n) is 5.09. The third-order valence-corrected chi connectivity index (χ3v) is 3.37. The Morgan fingerprint density at radius 3 is 2.75 bits per heavy atom. The summed E-state index contributed by atoms with van der Waals surface area (Å²) in [6, 6.07) is 6.11. The van der Waals surface area contributed by atoms with Crippen LogP contribution in [0, 0.1) is 0 Å². The molecule has 0 bridgehead atoms. The first kappa shape index (κ1) is 9.85. The summed E-state index contributed by atoms with van der Waals surface area (Å²) in [6.07, 6.45) is 4.21. The fourth-order valence-electron chi connectivity index (χ4n) is 2.30. The van der Waals surface area contributed by atoms with Crippen LogP contribution in [-0.2, 0) is 5.54 Å². The van der Waals surface area contributed by atoms with Crippen LogP contribution in [0.1, 0.15) is 44.0 Å². The van der Waals surface area contributed by atoms with Gasteiger partial charge in [-0.3, -0.25) is 0 Å². The summed E-state index contributed by atoms with van der Waals surface area (Å²) in [5, 5.41) is 0. The normalized spacial score (nSPS) is 18.2. The van der Waals surface area contributed by atoms with Crippen LogP contribution in [0.2, 0.25) is 0 Å².